The smallest absolute Gasteiger partial charge is 0.407 e. The summed E-state index contributed by atoms with van der Waals surface area (Å²) < 4.78 is 5.61. The van der Waals surface area contributed by atoms with Crippen LogP contribution in [0.15, 0.2) is 48.5 Å². The number of aliphatic carboxylic acids is 1. The topological polar surface area (TPSA) is 105 Å². The molecule has 2 aliphatic rings. The fourth-order valence-corrected chi connectivity index (χ4v) is 5.37. The van der Waals surface area contributed by atoms with Crippen LogP contribution in [0.2, 0.25) is 0 Å². The molecule has 35 heavy (non-hydrogen) atoms. The van der Waals surface area contributed by atoms with Crippen LogP contribution in [-0.2, 0) is 14.3 Å². The third-order valence-electron chi connectivity index (χ3n) is 7.27. The van der Waals surface area contributed by atoms with Crippen LogP contribution < -0.4 is 10.6 Å². The molecule has 0 bridgehead atoms. The van der Waals surface area contributed by atoms with Crippen molar-refractivity contribution in [2.24, 2.45) is 5.92 Å². The Hall–Kier alpha value is -3.35. The lowest BCUT2D eigenvalue weighted by molar-refractivity contribution is -0.143. The molecule has 0 saturated heterocycles. The zero-order valence-electron chi connectivity index (χ0n) is 20.2. The van der Waals surface area contributed by atoms with Crippen molar-refractivity contribution in [2.45, 2.75) is 69.9 Å². The predicted molar refractivity (Wildman–Crippen MR) is 133 cm³/mol. The summed E-state index contributed by atoms with van der Waals surface area (Å²) in [5.74, 6) is -1.69. The highest BCUT2D eigenvalue weighted by atomic mass is 16.5. The highest BCUT2D eigenvalue weighted by Crippen LogP contribution is 2.44. The highest BCUT2D eigenvalue weighted by Gasteiger charge is 2.32. The molecule has 7 nitrogen and oxygen atoms in total. The van der Waals surface area contributed by atoms with Gasteiger partial charge in [-0.25, -0.2) is 4.79 Å². The molecule has 2 aromatic rings. The van der Waals surface area contributed by atoms with E-state index in [1.165, 1.54) is 11.1 Å². The maximum atomic E-state index is 12.7. The summed E-state index contributed by atoms with van der Waals surface area (Å²) in [6.45, 7) is 2.11. The largest absolute Gasteiger partial charge is 0.481 e. The SMILES string of the molecule is CC[C@@H](CC(=O)N[C@@H]1CCCCC[C@@H]1C(=O)O)NC(=O)OCC1c2ccccc2-c2ccccc21. The molecule has 3 N–H and O–H groups in total. The summed E-state index contributed by atoms with van der Waals surface area (Å²) in [6, 6.07) is 15.6. The summed E-state index contributed by atoms with van der Waals surface area (Å²) in [7, 11) is 0. The fourth-order valence-electron chi connectivity index (χ4n) is 5.37. The van der Waals surface area contributed by atoms with Crippen LogP contribution in [0.1, 0.15) is 68.9 Å². The minimum Gasteiger partial charge on any atom is -0.481 e. The lowest BCUT2D eigenvalue weighted by Gasteiger charge is -2.24. The van der Waals surface area contributed by atoms with Gasteiger partial charge in [-0.1, -0.05) is 74.7 Å². The number of rotatable bonds is 8. The molecule has 1 saturated carbocycles. The quantitative estimate of drug-likeness (QED) is 0.471. The number of alkyl carbamates (subject to hydrolysis) is 1. The van der Waals surface area contributed by atoms with Gasteiger partial charge in [0.05, 0.1) is 5.92 Å². The first-order chi connectivity index (χ1) is 17.0. The normalized spacial score (nSPS) is 20.1. The van der Waals surface area contributed by atoms with Gasteiger partial charge in [0.25, 0.3) is 0 Å². The number of hydrogen-bond acceptors (Lipinski definition) is 4. The van der Waals surface area contributed by atoms with Crippen LogP contribution in [0.5, 0.6) is 0 Å². The standard InChI is InChI=1S/C28H34N2O5/c1-2-18(16-26(31)30-25-15-5-3-4-14-23(25)27(32)33)29-28(34)35-17-24-21-12-8-6-10-19(21)20-11-7-9-13-22(20)24/h6-13,18,23-25H,2-5,14-17H2,1H3,(H,29,34)(H,30,31)(H,32,33)/t18-,23-,25+/m0/s1. The number of benzene rings is 2. The van der Waals surface area contributed by atoms with Crippen LogP contribution in [0.25, 0.3) is 11.1 Å². The predicted octanol–water partition coefficient (Wildman–Crippen LogP) is 4.84. The van der Waals surface area contributed by atoms with E-state index in [-0.39, 0.29) is 36.9 Å². The zero-order chi connectivity index (χ0) is 24.8. The number of carboxylic acids is 1. The molecule has 0 radical (unpaired) electrons. The van der Waals surface area contributed by atoms with Gasteiger partial charge in [0.1, 0.15) is 6.61 Å². The summed E-state index contributed by atoms with van der Waals surface area (Å²) in [4.78, 5) is 36.9. The molecule has 0 aromatic heterocycles. The van der Waals surface area contributed by atoms with Crippen molar-refractivity contribution < 1.29 is 24.2 Å². The number of hydrogen-bond donors (Lipinski definition) is 3. The van der Waals surface area contributed by atoms with Crippen molar-refractivity contribution in [2.75, 3.05) is 6.61 Å². The van der Waals surface area contributed by atoms with Crippen LogP contribution in [-0.4, -0.2) is 41.8 Å². The number of carbonyl (C=O) groups is 3. The minimum atomic E-state index is -0.860. The molecule has 2 aromatic carbocycles. The van der Waals surface area contributed by atoms with Gasteiger partial charge < -0.3 is 20.5 Å². The third-order valence-corrected chi connectivity index (χ3v) is 7.27. The first kappa shape index (κ1) is 24.8. The van der Waals surface area contributed by atoms with Gasteiger partial charge in [0.15, 0.2) is 0 Å². The Morgan fingerprint density at radius 2 is 1.60 bits per heavy atom. The maximum Gasteiger partial charge on any atom is 0.407 e. The molecule has 2 amide bonds. The van der Waals surface area contributed by atoms with E-state index in [1.807, 2.05) is 31.2 Å². The van der Waals surface area contributed by atoms with Crippen molar-refractivity contribution in [1.29, 1.82) is 0 Å². The second-order valence-corrected chi connectivity index (χ2v) is 9.54. The Morgan fingerprint density at radius 1 is 0.971 bits per heavy atom. The van der Waals surface area contributed by atoms with Crippen molar-refractivity contribution >= 4 is 18.0 Å². The molecule has 0 aliphatic heterocycles. The van der Waals surface area contributed by atoms with E-state index < -0.39 is 18.0 Å². The number of ether oxygens (including phenoxy) is 1. The summed E-state index contributed by atoms with van der Waals surface area (Å²) in [5, 5.41) is 15.3. The monoisotopic (exact) mass is 478 g/mol. The van der Waals surface area contributed by atoms with Crippen LogP contribution >= 0.6 is 0 Å². The van der Waals surface area contributed by atoms with E-state index in [0.717, 1.165) is 30.4 Å². The maximum absolute atomic E-state index is 12.7. The molecule has 7 heteroatoms. The van der Waals surface area contributed by atoms with Gasteiger partial charge in [-0.3, -0.25) is 9.59 Å². The Labute approximate surface area is 206 Å². The van der Waals surface area contributed by atoms with Gasteiger partial charge >= 0.3 is 12.1 Å². The Kier molecular flexibility index (Phi) is 8.06. The van der Waals surface area contributed by atoms with E-state index in [1.54, 1.807) is 0 Å². The highest BCUT2D eigenvalue weighted by molar-refractivity contribution is 5.80. The van der Waals surface area contributed by atoms with Crippen molar-refractivity contribution in [3.8, 4) is 11.1 Å². The summed E-state index contributed by atoms with van der Waals surface area (Å²) in [6.07, 6.45) is 4.10. The average Bonchev–Trinajstić information content (AvgIpc) is 2.98. The molecule has 0 heterocycles. The Bertz CT molecular complexity index is 1020. The van der Waals surface area contributed by atoms with E-state index in [9.17, 15) is 19.5 Å². The molecule has 4 rings (SSSR count). The van der Waals surface area contributed by atoms with E-state index in [4.69, 9.17) is 4.74 Å². The van der Waals surface area contributed by atoms with Gasteiger partial charge in [0, 0.05) is 24.4 Å². The van der Waals surface area contributed by atoms with Gasteiger partial charge in [-0.2, -0.15) is 0 Å². The number of carbonyl (C=O) groups excluding carboxylic acids is 2. The van der Waals surface area contributed by atoms with Crippen molar-refractivity contribution in [3.05, 3.63) is 59.7 Å². The lowest BCUT2D eigenvalue weighted by atomic mass is 9.94. The third kappa shape index (κ3) is 5.84. The van der Waals surface area contributed by atoms with Gasteiger partial charge in [-0.05, 0) is 41.5 Å². The Morgan fingerprint density at radius 3 is 2.23 bits per heavy atom. The second-order valence-electron chi connectivity index (χ2n) is 9.54. The second kappa shape index (κ2) is 11.4. The van der Waals surface area contributed by atoms with E-state index >= 15 is 0 Å². The molecule has 186 valence electrons. The first-order valence-corrected chi connectivity index (χ1v) is 12.6. The van der Waals surface area contributed by atoms with Crippen LogP contribution in [0.3, 0.4) is 0 Å². The fraction of sp³-hybridized carbons (Fsp3) is 0.464. The molecule has 0 spiro atoms. The number of carboxylic acid groups (broad SMARTS) is 1. The number of amides is 2. The molecular weight excluding hydrogens is 444 g/mol. The zero-order valence-corrected chi connectivity index (χ0v) is 20.2. The number of fused-ring (bicyclic) bond motifs is 3. The van der Waals surface area contributed by atoms with Crippen molar-refractivity contribution in [3.63, 3.8) is 0 Å². The molecule has 1 fully saturated rings. The van der Waals surface area contributed by atoms with E-state index in [0.29, 0.717) is 19.3 Å². The van der Waals surface area contributed by atoms with E-state index in [2.05, 4.69) is 34.9 Å². The average molecular weight is 479 g/mol. The lowest BCUT2D eigenvalue weighted by Crippen LogP contribution is -2.45. The molecule has 0 unspecified atom stereocenters. The number of nitrogens with one attached hydrogen (secondary N) is 2. The first-order valence-electron chi connectivity index (χ1n) is 12.6. The van der Waals surface area contributed by atoms with Gasteiger partial charge in [0.2, 0.25) is 5.91 Å². The molecule has 2 aliphatic carbocycles. The minimum absolute atomic E-state index is 0.0280. The molecular formula is C28H34N2O5. The van der Waals surface area contributed by atoms with Crippen LogP contribution in [0.4, 0.5) is 4.79 Å². The summed E-state index contributed by atoms with van der Waals surface area (Å²) in [5.41, 5.74) is 4.62. The van der Waals surface area contributed by atoms with Crippen molar-refractivity contribution in [1.82, 2.24) is 10.6 Å². The molecule has 3 atom stereocenters. The Balaban J connectivity index is 1.31. The van der Waals surface area contributed by atoms with Gasteiger partial charge in [-0.15, -0.1) is 0 Å². The van der Waals surface area contributed by atoms with Crippen LogP contribution in [0, 0.1) is 5.92 Å². The summed E-state index contributed by atoms with van der Waals surface area (Å²) >= 11 is 0.